The number of carbonyl (C=O) groups excluding carboxylic acids is 2. The largest absolute Gasteiger partial charge is 0.456 e. The lowest BCUT2D eigenvalue weighted by atomic mass is 9.52. The third-order valence-corrected chi connectivity index (χ3v) is 17.8. The average Bonchev–Trinajstić information content (AvgIpc) is 3.29. The average molecular weight is 844 g/mol. The van der Waals surface area contributed by atoms with Crippen molar-refractivity contribution < 1.29 is 49.8 Å². The molecule has 5 aliphatic heterocycles. The van der Waals surface area contributed by atoms with Gasteiger partial charge in [-0.3, -0.25) is 10.1 Å². The molecule has 20 unspecified atom stereocenters. The number of quaternary nitrogens is 2. The van der Waals surface area contributed by atoms with Crippen LogP contribution in [0.2, 0.25) is 0 Å². The van der Waals surface area contributed by atoms with E-state index in [9.17, 15) is 24.9 Å². The van der Waals surface area contributed by atoms with Gasteiger partial charge in [0.15, 0.2) is 0 Å². The van der Waals surface area contributed by atoms with Crippen molar-refractivity contribution >= 4 is 11.8 Å². The first-order valence-corrected chi connectivity index (χ1v) is 24.5. The van der Waals surface area contributed by atoms with E-state index in [-0.39, 0.29) is 66.6 Å². The third kappa shape index (κ3) is 8.81. The van der Waals surface area contributed by atoms with Crippen LogP contribution >= 0.6 is 0 Å². The fourth-order valence-electron chi connectivity index (χ4n) is 14.8. The predicted molar refractivity (Wildman–Crippen MR) is 226 cm³/mol. The first-order valence-electron chi connectivity index (χ1n) is 24.5. The highest BCUT2D eigenvalue weighted by molar-refractivity contribution is 5.88. The number of ketones is 1. The zero-order chi connectivity index (χ0) is 42.3. The van der Waals surface area contributed by atoms with Gasteiger partial charge in [0.25, 0.3) is 0 Å². The van der Waals surface area contributed by atoms with E-state index in [0.717, 1.165) is 96.8 Å². The van der Waals surface area contributed by atoms with Crippen LogP contribution in [-0.2, 0) is 23.8 Å². The molecule has 60 heavy (non-hydrogen) atoms. The van der Waals surface area contributed by atoms with Crippen molar-refractivity contribution in [1.82, 2.24) is 10.6 Å². The number of aliphatic hydroxyl groups is 3. The van der Waals surface area contributed by atoms with Crippen LogP contribution in [0.25, 0.3) is 0 Å². The molecule has 0 aromatic heterocycles. The fraction of sp³-hybridized carbons (Fsp3) is 0.915. The summed E-state index contributed by atoms with van der Waals surface area (Å²) in [5.74, 6) is 0.230. The first-order chi connectivity index (χ1) is 29.0. The van der Waals surface area contributed by atoms with Crippen LogP contribution < -0.4 is 27.0 Å². The maximum Gasteiger partial charge on any atom is 0.334 e. The highest BCUT2D eigenvalue weighted by atomic mass is 16.6. The van der Waals surface area contributed by atoms with Crippen molar-refractivity contribution in [3.63, 3.8) is 0 Å². The Morgan fingerprint density at radius 3 is 2.55 bits per heavy atom. The van der Waals surface area contributed by atoms with Crippen LogP contribution in [0.4, 0.5) is 0 Å². The lowest BCUT2D eigenvalue weighted by Gasteiger charge is -2.63. The summed E-state index contributed by atoms with van der Waals surface area (Å²) in [5.41, 5.74) is 7.11. The van der Waals surface area contributed by atoms with Gasteiger partial charge in [-0.1, -0.05) is 13.0 Å². The molecule has 4 bridgehead atoms. The summed E-state index contributed by atoms with van der Waals surface area (Å²) >= 11 is 0. The molecule has 8 rings (SSSR count). The molecule has 0 aromatic carbocycles. The van der Waals surface area contributed by atoms with Gasteiger partial charge in [-0.05, 0) is 139 Å². The predicted octanol–water partition coefficient (Wildman–Crippen LogP) is 0.940. The van der Waals surface area contributed by atoms with Crippen molar-refractivity contribution in [2.45, 2.75) is 165 Å². The minimum Gasteiger partial charge on any atom is -0.456 e. The monoisotopic (exact) mass is 844 g/mol. The molecule has 0 aromatic rings. The Labute approximate surface area is 358 Å². The van der Waals surface area contributed by atoms with Crippen LogP contribution in [0.3, 0.4) is 0 Å². The number of esters is 1. The first kappa shape index (κ1) is 45.1. The Morgan fingerprint density at radius 2 is 1.82 bits per heavy atom. The Balaban J connectivity index is 1.28. The molecule has 0 spiro atoms. The molecule has 13 heteroatoms. The van der Waals surface area contributed by atoms with Crippen LogP contribution in [0, 0.1) is 65.1 Å². The van der Waals surface area contributed by atoms with Crippen LogP contribution in [0.5, 0.6) is 0 Å². The SMILES string of the molecule is CC=C(CC[NH2+]C)C(=O)OC1CC2C(O)C3C(=O)CC(CO)OC3C3C4CC5CC(O)CCC5CCC(CC(CC5CCC(NCC)[NH2+]C5)C1(C)OC23)C1C(N)NCCC41. The van der Waals surface area contributed by atoms with Crippen LogP contribution in [0.15, 0.2) is 11.6 Å². The van der Waals surface area contributed by atoms with Gasteiger partial charge < -0.3 is 51.2 Å². The van der Waals surface area contributed by atoms with E-state index in [1.165, 1.54) is 0 Å². The molecule has 5 saturated heterocycles. The number of Topliss-reactive ketones (excluding diaryl/α,β-unsaturated/α-hetero) is 1. The van der Waals surface area contributed by atoms with Gasteiger partial charge in [0.1, 0.15) is 23.7 Å². The molecule has 3 aliphatic carbocycles. The number of nitrogens with one attached hydrogen (secondary N) is 2. The molecule has 20 atom stereocenters. The number of hydrogen-bond donors (Lipinski definition) is 8. The summed E-state index contributed by atoms with van der Waals surface area (Å²) in [4.78, 5) is 28.7. The van der Waals surface area contributed by atoms with E-state index in [2.05, 4.69) is 35.1 Å². The van der Waals surface area contributed by atoms with Crippen molar-refractivity contribution in [2.24, 2.45) is 70.8 Å². The molecule has 3 saturated carbocycles. The van der Waals surface area contributed by atoms with Crippen molar-refractivity contribution in [3.8, 4) is 0 Å². The van der Waals surface area contributed by atoms with Gasteiger partial charge in [-0.25, -0.2) is 4.79 Å². The molecule has 11 N–H and O–H groups in total. The lowest BCUT2D eigenvalue weighted by Crippen LogP contribution is -2.95. The van der Waals surface area contributed by atoms with E-state index in [0.29, 0.717) is 48.3 Å². The fourth-order valence-corrected chi connectivity index (χ4v) is 14.8. The van der Waals surface area contributed by atoms with Gasteiger partial charge in [-0.2, -0.15) is 0 Å². The Kier molecular flexibility index (Phi) is 14.5. The second kappa shape index (κ2) is 19.3. The molecule has 13 nitrogen and oxygen atoms in total. The molecule has 8 fully saturated rings. The number of aliphatic hydroxyl groups excluding tert-OH is 3. The smallest absolute Gasteiger partial charge is 0.334 e. The maximum atomic E-state index is 14.4. The highest BCUT2D eigenvalue weighted by Gasteiger charge is 2.66. The van der Waals surface area contributed by atoms with Gasteiger partial charge in [-0.15, -0.1) is 0 Å². The zero-order valence-electron chi connectivity index (χ0n) is 37.1. The standard InChI is InChI=1S/C47H79N5O8/c1-5-26(13-15-49-4)46(57)59-37-22-35-42(56)41-36(55)21-32(24-53)58-44(41)40-34-20-29-19-31(54)11-10-27(29)8-9-28(39-33(34)14-16-51-45(39)48)18-30(47(37,3)60-43(35)40)17-25-7-12-38(50-6-2)52-23-25/h5,25,27-35,37-45,49-54,56H,6-24,48H2,1-4H3/p+2. The molecule has 0 amide bonds. The van der Waals surface area contributed by atoms with Gasteiger partial charge >= 0.3 is 5.97 Å². The van der Waals surface area contributed by atoms with E-state index in [1.807, 2.05) is 20.0 Å². The number of ether oxygens (including phenoxy) is 3. The van der Waals surface area contributed by atoms with Gasteiger partial charge in [0, 0.05) is 42.6 Å². The van der Waals surface area contributed by atoms with Crippen molar-refractivity contribution in [3.05, 3.63) is 11.6 Å². The third-order valence-electron chi connectivity index (χ3n) is 17.8. The normalized spacial score (nSPS) is 48.4. The van der Waals surface area contributed by atoms with Gasteiger partial charge in [0.05, 0.1) is 69.3 Å². The van der Waals surface area contributed by atoms with E-state index in [1.54, 1.807) is 0 Å². The second-order valence-corrected chi connectivity index (χ2v) is 21.0. The number of piperidine rings is 2. The summed E-state index contributed by atoms with van der Waals surface area (Å²) in [7, 11) is 2.01. The van der Waals surface area contributed by atoms with Crippen molar-refractivity contribution in [2.75, 3.05) is 39.8 Å². The summed E-state index contributed by atoms with van der Waals surface area (Å²) in [5, 5.41) is 46.3. The number of carbonyl (C=O) groups is 2. The van der Waals surface area contributed by atoms with Gasteiger partial charge in [0.2, 0.25) is 0 Å². The van der Waals surface area contributed by atoms with Crippen LogP contribution in [-0.4, -0.2) is 121 Å². The summed E-state index contributed by atoms with van der Waals surface area (Å²) in [6.07, 6.45) is 10.1. The minimum atomic E-state index is -1.04. The number of fused-ring (bicyclic) bond motifs is 5. The number of rotatable bonds is 10. The highest BCUT2D eigenvalue weighted by Crippen LogP contribution is 2.60. The lowest BCUT2D eigenvalue weighted by molar-refractivity contribution is -0.708. The Hall–Kier alpha value is -1.52. The molecule has 0 radical (unpaired) electrons. The molecule has 8 aliphatic rings. The van der Waals surface area contributed by atoms with E-state index >= 15 is 0 Å². The molecular weight excluding hydrogens is 763 g/mol. The van der Waals surface area contributed by atoms with E-state index < -0.39 is 48.0 Å². The zero-order valence-corrected chi connectivity index (χ0v) is 37.1. The van der Waals surface area contributed by atoms with Crippen LogP contribution in [0.1, 0.15) is 111 Å². The molecule has 5 heterocycles. The maximum absolute atomic E-state index is 14.4. The van der Waals surface area contributed by atoms with Crippen molar-refractivity contribution in [1.29, 1.82) is 0 Å². The van der Waals surface area contributed by atoms with E-state index in [4.69, 9.17) is 19.9 Å². The summed E-state index contributed by atoms with van der Waals surface area (Å²) in [6.45, 7) is 9.58. The summed E-state index contributed by atoms with van der Waals surface area (Å²) < 4.78 is 21.6. The number of allylic oxidation sites excluding steroid dienone is 1. The summed E-state index contributed by atoms with van der Waals surface area (Å²) in [6, 6.07) is 0. The topological polar surface area (TPSA) is 206 Å². The quantitative estimate of drug-likeness (QED) is 0.115. The Morgan fingerprint density at radius 1 is 1.02 bits per heavy atom. The Bertz CT molecular complexity index is 1510. The number of hydrogen-bond acceptors (Lipinski definition) is 11. The minimum absolute atomic E-state index is 0.0408. The molecule has 340 valence electrons. The second-order valence-electron chi connectivity index (χ2n) is 21.0. The molecular formula is C47H81N5O8+2. The number of nitrogens with two attached hydrogens (primary N) is 3.